The molecule has 0 bridgehead atoms. The Labute approximate surface area is 200 Å². The Balaban J connectivity index is 1.41. The van der Waals surface area contributed by atoms with Crippen molar-refractivity contribution < 1.29 is 19.8 Å². The molecule has 0 aliphatic carbocycles. The van der Waals surface area contributed by atoms with Crippen LogP contribution in [0.4, 0.5) is 5.82 Å². The summed E-state index contributed by atoms with van der Waals surface area (Å²) in [6, 6.07) is 11.5. The Kier molecular flexibility index (Phi) is 6.88. The van der Waals surface area contributed by atoms with Crippen LogP contribution in [-0.4, -0.2) is 76.0 Å². The first-order valence-electron chi connectivity index (χ1n) is 10.3. The molecule has 2 aliphatic heterocycles. The van der Waals surface area contributed by atoms with E-state index in [9.17, 15) is 19.8 Å². The van der Waals surface area contributed by atoms with Crippen LogP contribution in [0.1, 0.15) is 5.56 Å². The molecule has 1 unspecified atom stereocenters. The smallest absolute Gasteiger partial charge is 0.243 e. The van der Waals surface area contributed by atoms with Crippen molar-refractivity contribution in [2.45, 2.75) is 6.04 Å². The first-order valence-corrected chi connectivity index (χ1v) is 11.1. The number of aromatic nitrogens is 1. The van der Waals surface area contributed by atoms with E-state index in [-0.39, 0.29) is 30.6 Å². The normalized spacial score (nSPS) is 19.5. The molecule has 1 saturated heterocycles. The zero-order valence-electron chi connectivity index (χ0n) is 17.6. The average Bonchev–Trinajstić information content (AvgIpc) is 2.80. The highest BCUT2D eigenvalue weighted by atomic mass is 35.5. The molecule has 0 saturated carbocycles. The fraction of sp³-hybridized carbons (Fsp3) is 0.261. The van der Waals surface area contributed by atoms with Gasteiger partial charge in [0.1, 0.15) is 23.0 Å². The van der Waals surface area contributed by atoms with E-state index in [1.165, 1.54) is 6.08 Å². The van der Waals surface area contributed by atoms with Gasteiger partial charge in [-0.05, 0) is 29.8 Å². The van der Waals surface area contributed by atoms with E-state index in [0.29, 0.717) is 46.8 Å². The van der Waals surface area contributed by atoms with Crippen LogP contribution in [0.25, 0.3) is 5.57 Å². The number of carbonyl (C=O) groups excluding carboxylic acids is 2. The van der Waals surface area contributed by atoms with Crippen LogP contribution in [0.5, 0.6) is 0 Å². The number of carbonyl (C=O) groups is 2. The average molecular weight is 489 g/mol. The summed E-state index contributed by atoms with van der Waals surface area (Å²) in [4.78, 5) is 33.7. The molecule has 0 radical (unpaired) electrons. The molecule has 0 spiro atoms. The standard InChI is InChI=1S/C23H22Cl2N4O4/c24-16-6-4-15(5-7-16)18-10-22(32)29(12-19(18)31)23(33)13-27-8-9-28(17(11-27)14-30)21-3-1-2-20(25)26-21/h1-7,10,14,17,31-32H,8-9,11-13H2. The minimum atomic E-state index is -0.493. The molecule has 1 aromatic heterocycles. The molecular weight excluding hydrogens is 467 g/mol. The Bertz CT molecular complexity index is 1120. The molecule has 2 aromatic rings. The number of hydrogen-bond acceptors (Lipinski definition) is 7. The molecule has 3 heterocycles. The van der Waals surface area contributed by atoms with Gasteiger partial charge in [0.2, 0.25) is 5.91 Å². The molecule has 8 nitrogen and oxygen atoms in total. The van der Waals surface area contributed by atoms with Gasteiger partial charge in [0, 0.05) is 36.3 Å². The van der Waals surface area contributed by atoms with Crippen LogP contribution < -0.4 is 4.90 Å². The van der Waals surface area contributed by atoms with E-state index in [1.54, 1.807) is 42.5 Å². The summed E-state index contributed by atoms with van der Waals surface area (Å²) < 4.78 is 0. The van der Waals surface area contributed by atoms with Crippen molar-refractivity contribution in [3.05, 3.63) is 75.9 Å². The summed E-state index contributed by atoms with van der Waals surface area (Å²) in [7, 11) is 0. The molecule has 1 atom stereocenters. The third-order valence-electron chi connectivity index (χ3n) is 5.64. The van der Waals surface area contributed by atoms with Crippen LogP contribution in [0, 0.1) is 0 Å². The van der Waals surface area contributed by atoms with Crippen molar-refractivity contribution in [1.29, 1.82) is 0 Å². The van der Waals surface area contributed by atoms with Crippen molar-refractivity contribution in [1.82, 2.24) is 14.8 Å². The minimum absolute atomic E-state index is 0.0113. The summed E-state index contributed by atoms with van der Waals surface area (Å²) in [5.41, 5.74) is 1.10. The van der Waals surface area contributed by atoms with Crippen LogP contribution >= 0.6 is 23.2 Å². The van der Waals surface area contributed by atoms with Crippen molar-refractivity contribution >= 4 is 46.8 Å². The fourth-order valence-corrected chi connectivity index (χ4v) is 4.23. The number of nitrogens with zero attached hydrogens (tertiary/aromatic N) is 4. The van der Waals surface area contributed by atoms with E-state index in [4.69, 9.17) is 23.2 Å². The number of aldehydes is 1. The number of aliphatic hydroxyl groups excluding tert-OH is 2. The van der Waals surface area contributed by atoms with Gasteiger partial charge in [0.15, 0.2) is 5.88 Å². The number of anilines is 1. The molecule has 10 heteroatoms. The maximum absolute atomic E-state index is 12.9. The second-order valence-corrected chi connectivity index (χ2v) is 8.62. The summed E-state index contributed by atoms with van der Waals surface area (Å²) >= 11 is 11.9. The zero-order chi connectivity index (χ0) is 23.5. The van der Waals surface area contributed by atoms with Crippen LogP contribution in [0.2, 0.25) is 10.2 Å². The molecule has 2 N–H and O–H groups in total. The lowest BCUT2D eigenvalue weighted by Crippen LogP contribution is -2.56. The number of piperazine rings is 1. The van der Waals surface area contributed by atoms with Gasteiger partial charge < -0.3 is 19.9 Å². The second kappa shape index (κ2) is 9.82. The van der Waals surface area contributed by atoms with Gasteiger partial charge in [0.25, 0.3) is 0 Å². The monoisotopic (exact) mass is 488 g/mol. The maximum atomic E-state index is 12.9. The van der Waals surface area contributed by atoms with Crippen molar-refractivity contribution in [3.8, 4) is 0 Å². The van der Waals surface area contributed by atoms with Crippen molar-refractivity contribution in [3.63, 3.8) is 0 Å². The molecule has 1 aromatic carbocycles. The zero-order valence-corrected chi connectivity index (χ0v) is 19.1. The molecule has 1 fully saturated rings. The largest absolute Gasteiger partial charge is 0.510 e. The van der Waals surface area contributed by atoms with Crippen LogP contribution in [-0.2, 0) is 9.59 Å². The Morgan fingerprint density at radius 3 is 2.58 bits per heavy atom. The van der Waals surface area contributed by atoms with Crippen molar-refractivity contribution in [2.75, 3.05) is 37.6 Å². The molecule has 172 valence electrons. The van der Waals surface area contributed by atoms with Crippen molar-refractivity contribution in [2.24, 2.45) is 0 Å². The van der Waals surface area contributed by atoms with E-state index in [2.05, 4.69) is 4.98 Å². The van der Waals surface area contributed by atoms with E-state index in [0.717, 1.165) is 11.2 Å². The fourth-order valence-electron chi connectivity index (χ4n) is 3.95. The van der Waals surface area contributed by atoms with E-state index in [1.807, 2.05) is 9.80 Å². The Hall–Kier alpha value is -3.07. The number of halogens is 2. The van der Waals surface area contributed by atoms with E-state index < -0.39 is 6.04 Å². The number of benzene rings is 1. The SMILES string of the molecule is O=CC1CN(CC(=O)N2CC(O)=C(c3ccc(Cl)cc3)C=C2O)CCN1c1cccc(Cl)n1. The number of aliphatic hydroxyl groups is 2. The highest BCUT2D eigenvalue weighted by Crippen LogP contribution is 2.28. The van der Waals surface area contributed by atoms with Gasteiger partial charge in [-0.2, -0.15) is 0 Å². The van der Waals surface area contributed by atoms with Crippen LogP contribution in [0.15, 0.2) is 60.2 Å². The van der Waals surface area contributed by atoms with Gasteiger partial charge in [-0.25, -0.2) is 4.98 Å². The molecule has 2 aliphatic rings. The van der Waals surface area contributed by atoms with Gasteiger partial charge in [-0.15, -0.1) is 0 Å². The lowest BCUT2D eigenvalue weighted by Gasteiger charge is -2.40. The predicted molar refractivity (Wildman–Crippen MR) is 126 cm³/mol. The predicted octanol–water partition coefficient (Wildman–Crippen LogP) is 3.29. The summed E-state index contributed by atoms with van der Waals surface area (Å²) in [6.45, 7) is 1.16. The summed E-state index contributed by atoms with van der Waals surface area (Å²) in [5, 5.41) is 21.9. The minimum Gasteiger partial charge on any atom is -0.510 e. The van der Waals surface area contributed by atoms with Crippen LogP contribution in [0.3, 0.4) is 0 Å². The van der Waals surface area contributed by atoms with Gasteiger partial charge >= 0.3 is 0 Å². The summed E-state index contributed by atoms with van der Waals surface area (Å²) in [5.74, 6) is -0.0704. The molecule has 4 rings (SSSR count). The third-order valence-corrected chi connectivity index (χ3v) is 6.10. The third kappa shape index (κ3) is 5.13. The molecule has 1 amide bonds. The Morgan fingerprint density at radius 1 is 1.12 bits per heavy atom. The van der Waals surface area contributed by atoms with E-state index >= 15 is 0 Å². The van der Waals surface area contributed by atoms with Gasteiger partial charge in [-0.1, -0.05) is 41.4 Å². The number of hydrogen-bond donors (Lipinski definition) is 2. The highest BCUT2D eigenvalue weighted by molar-refractivity contribution is 6.30. The Morgan fingerprint density at radius 2 is 1.88 bits per heavy atom. The number of rotatable bonds is 5. The second-order valence-electron chi connectivity index (χ2n) is 7.80. The number of amides is 1. The van der Waals surface area contributed by atoms with Gasteiger partial charge in [-0.3, -0.25) is 14.6 Å². The lowest BCUT2D eigenvalue weighted by atomic mass is 10.0. The lowest BCUT2D eigenvalue weighted by molar-refractivity contribution is -0.132. The molecule has 33 heavy (non-hydrogen) atoms. The number of pyridine rings is 1. The van der Waals surface area contributed by atoms with Gasteiger partial charge in [0.05, 0.1) is 19.1 Å². The molecular formula is C23H22Cl2N4O4. The number of allylic oxidation sites excluding steroid dienone is 2. The highest BCUT2D eigenvalue weighted by Gasteiger charge is 2.32. The topological polar surface area (TPSA) is 97.2 Å². The first kappa shape index (κ1) is 23.1. The summed E-state index contributed by atoms with van der Waals surface area (Å²) in [6.07, 6.45) is 2.18. The quantitative estimate of drug-likeness (QED) is 0.492. The maximum Gasteiger partial charge on any atom is 0.243 e. The first-order chi connectivity index (χ1) is 15.9.